The summed E-state index contributed by atoms with van der Waals surface area (Å²) < 4.78 is 5.80. The Hall–Kier alpha value is -1.10. The first-order valence-electron chi connectivity index (χ1n) is 5.04. The highest BCUT2D eigenvalue weighted by Gasteiger charge is 2.14. The van der Waals surface area contributed by atoms with Crippen LogP contribution in [0.2, 0.25) is 0 Å². The zero-order valence-electron chi connectivity index (χ0n) is 9.34. The molecule has 0 spiro atoms. The van der Waals surface area contributed by atoms with Crippen LogP contribution in [0, 0.1) is 0 Å². The van der Waals surface area contributed by atoms with E-state index in [2.05, 4.69) is 48.5 Å². The van der Waals surface area contributed by atoms with Crippen LogP contribution in [0.3, 0.4) is 0 Å². The molecule has 0 amide bonds. The monoisotopic (exact) mass is 241 g/mol. The second kappa shape index (κ2) is 6.47. The predicted octanol–water partition coefficient (Wildman–Crippen LogP) is -0.559. The van der Waals surface area contributed by atoms with E-state index in [1.807, 2.05) is 12.1 Å². The fraction of sp³-hybridized carbons (Fsp3) is 0. The quantitative estimate of drug-likeness (QED) is 0.655. The molecule has 0 bridgehead atoms. The molecule has 0 saturated heterocycles. The summed E-state index contributed by atoms with van der Waals surface area (Å²) in [5.41, 5.74) is 0. The Morgan fingerprint density at radius 1 is 0.750 bits per heavy atom. The maximum absolute atomic E-state index is 5.80. The molecule has 2 rings (SSSR count). The molecule has 0 N–H and O–H groups in total. The molecule has 0 aliphatic rings. The highest BCUT2D eigenvalue weighted by atomic mass is 28.3. The maximum Gasteiger partial charge on any atom is 0.227 e. The SMILES string of the molecule is [B].[SiH3]O[SiH](c1ccccc1)c1ccccc1. The smallest absolute Gasteiger partial charge is 0.227 e. The summed E-state index contributed by atoms with van der Waals surface area (Å²) in [6.07, 6.45) is 0. The highest BCUT2D eigenvalue weighted by molar-refractivity contribution is 6.81. The number of hydrogen-bond acceptors (Lipinski definition) is 1. The first-order chi connectivity index (χ1) is 7.42. The van der Waals surface area contributed by atoms with Crippen LogP contribution in [0.4, 0.5) is 0 Å². The minimum Gasteiger partial charge on any atom is -0.459 e. The standard InChI is InChI=1S/C12H14OSi2.B/c14-13-15(11-7-3-1-4-8-11)12-9-5-2-6-10-12;/h1-10,15H,14H3;. The van der Waals surface area contributed by atoms with Crippen molar-refractivity contribution in [2.24, 2.45) is 0 Å². The third kappa shape index (κ3) is 2.95. The Labute approximate surface area is 103 Å². The van der Waals surface area contributed by atoms with Crippen LogP contribution in [-0.2, 0) is 4.12 Å². The van der Waals surface area contributed by atoms with Gasteiger partial charge in [-0.25, -0.2) is 0 Å². The van der Waals surface area contributed by atoms with Crippen molar-refractivity contribution in [1.29, 1.82) is 0 Å². The first-order valence-corrected chi connectivity index (χ1v) is 7.49. The van der Waals surface area contributed by atoms with Crippen LogP contribution in [0.1, 0.15) is 0 Å². The van der Waals surface area contributed by atoms with E-state index in [1.165, 1.54) is 10.4 Å². The number of benzene rings is 2. The minimum atomic E-state index is -1.37. The van der Waals surface area contributed by atoms with Crippen molar-refractivity contribution in [2.45, 2.75) is 0 Å². The van der Waals surface area contributed by atoms with E-state index in [9.17, 15) is 0 Å². The Morgan fingerprint density at radius 3 is 1.44 bits per heavy atom. The average Bonchev–Trinajstić information content (AvgIpc) is 2.33. The zero-order valence-corrected chi connectivity index (χ0v) is 12.5. The lowest BCUT2D eigenvalue weighted by Gasteiger charge is -2.14. The van der Waals surface area contributed by atoms with E-state index in [4.69, 9.17) is 4.12 Å². The molecule has 0 atom stereocenters. The summed E-state index contributed by atoms with van der Waals surface area (Å²) in [7, 11) is -0.564. The third-order valence-electron chi connectivity index (χ3n) is 2.44. The summed E-state index contributed by atoms with van der Waals surface area (Å²) in [5, 5.41) is 2.72. The summed E-state index contributed by atoms with van der Waals surface area (Å²) in [6, 6.07) is 21.1. The largest absolute Gasteiger partial charge is 0.459 e. The normalized spacial score (nSPS) is 10.1. The van der Waals surface area contributed by atoms with Crippen molar-refractivity contribution in [3.05, 3.63) is 60.7 Å². The van der Waals surface area contributed by atoms with Crippen LogP contribution >= 0.6 is 0 Å². The topological polar surface area (TPSA) is 9.23 Å². The first kappa shape index (κ1) is 13.0. The molecule has 1 nitrogen and oxygen atoms in total. The summed E-state index contributed by atoms with van der Waals surface area (Å²) >= 11 is 0. The molecule has 16 heavy (non-hydrogen) atoms. The van der Waals surface area contributed by atoms with Crippen LogP contribution in [-0.4, -0.2) is 27.9 Å². The number of hydrogen-bond donors (Lipinski definition) is 0. The Kier molecular flexibility index (Phi) is 5.25. The van der Waals surface area contributed by atoms with Crippen LogP contribution in [0.15, 0.2) is 60.7 Å². The molecular formula is C12H14BOSi2. The van der Waals surface area contributed by atoms with Crippen molar-refractivity contribution in [1.82, 2.24) is 0 Å². The molecule has 79 valence electrons. The van der Waals surface area contributed by atoms with Crippen molar-refractivity contribution < 1.29 is 4.12 Å². The Balaban J connectivity index is 0.00000128. The fourth-order valence-electron chi connectivity index (χ4n) is 1.72. The van der Waals surface area contributed by atoms with Crippen molar-refractivity contribution in [3.63, 3.8) is 0 Å². The van der Waals surface area contributed by atoms with Crippen molar-refractivity contribution in [2.75, 3.05) is 0 Å². The predicted molar refractivity (Wildman–Crippen MR) is 76.1 cm³/mol. The molecule has 0 saturated carbocycles. The van der Waals surface area contributed by atoms with Gasteiger partial charge in [0.1, 0.15) is 10.5 Å². The van der Waals surface area contributed by atoms with Gasteiger partial charge in [-0.2, -0.15) is 0 Å². The molecule has 4 heteroatoms. The maximum atomic E-state index is 5.80. The van der Waals surface area contributed by atoms with Crippen LogP contribution < -0.4 is 10.4 Å². The second-order valence-electron chi connectivity index (χ2n) is 3.44. The van der Waals surface area contributed by atoms with E-state index < -0.39 is 9.04 Å². The summed E-state index contributed by atoms with van der Waals surface area (Å²) in [5.74, 6) is 0. The van der Waals surface area contributed by atoms with E-state index in [0.29, 0.717) is 0 Å². The van der Waals surface area contributed by atoms with Gasteiger partial charge in [0.15, 0.2) is 0 Å². The molecule has 2 aromatic carbocycles. The van der Waals surface area contributed by atoms with E-state index >= 15 is 0 Å². The second-order valence-corrected chi connectivity index (χ2v) is 7.42. The van der Waals surface area contributed by atoms with E-state index in [1.54, 1.807) is 0 Å². The van der Waals surface area contributed by atoms with Gasteiger partial charge in [0.2, 0.25) is 9.04 Å². The zero-order chi connectivity index (χ0) is 10.5. The van der Waals surface area contributed by atoms with Gasteiger partial charge < -0.3 is 4.12 Å². The molecule has 3 radical (unpaired) electrons. The molecule has 0 aliphatic heterocycles. The average molecular weight is 241 g/mol. The molecular weight excluding hydrogens is 227 g/mol. The van der Waals surface area contributed by atoms with Gasteiger partial charge in [-0.05, 0) is 10.4 Å². The van der Waals surface area contributed by atoms with Gasteiger partial charge in [-0.3, -0.25) is 0 Å². The van der Waals surface area contributed by atoms with E-state index in [-0.39, 0.29) is 8.41 Å². The summed E-state index contributed by atoms with van der Waals surface area (Å²) in [6.45, 7) is 0. The van der Waals surface area contributed by atoms with Crippen molar-refractivity contribution >= 4 is 38.3 Å². The van der Waals surface area contributed by atoms with Gasteiger partial charge in [0, 0.05) is 8.41 Å². The molecule has 0 fully saturated rings. The summed E-state index contributed by atoms with van der Waals surface area (Å²) in [4.78, 5) is 0. The van der Waals surface area contributed by atoms with Gasteiger partial charge in [-0.1, -0.05) is 60.7 Å². The van der Waals surface area contributed by atoms with Gasteiger partial charge >= 0.3 is 0 Å². The molecule has 0 unspecified atom stereocenters. The molecule has 0 aliphatic carbocycles. The third-order valence-corrected chi connectivity index (χ3v) is 6.31. The van der Waals surface area contributed by atoms with Gasteiger partial charge in [0.05, 0.1) is 0 Å². The van der Waals surface area contributed by atoms with Crippen molar-refractivity contribution in [3.8, 4) is 0 Å². The fourth-order valence-corrected chi connectivity index (χ4v) is 5.43. The Bertz CT molecular complexity index is 368. The van der Waals surface area contributed by atoms with Gasteiger partial charge in [0.25, 0.3) is 0 Å². The molecule has 0 heterocycles. The lowest BCUT2D eigenvalue weighted by Crippen LogP contribution is -2.44. The molecule has 2 aromatic rings. The number of rotatable bonds is 3. The lowest BCUT2D eigenvalue weighted by atomic mass is 10.4. The minimum absolute atomic E-state index is 0. The van der Waals surface area contributed by atoms with Gasteiger partial charge in [-0.15, -0.1) is 0 Å². The Morgan fingerprint density at radius 2 is 1.12 bits per heavy atom. The molecule has 0 aromatic heterocycles. The highest BCUT2D eigenvalue weighted by Crippen LogP contribution is 1.92. The van der Waals surface area contributed by atoms with Crippen LogP contribution in [0.5, 0.6) is 0 Å². The lowest BCUT2D eigenvalue weighted by molar-refractivity contribution is 0.661. The van der Waals surface area contributed by atoms with Crippen LogP contribution in [0.25, 0.3) is 0 Å². The van der Waals surface area contributed by atoms with E-state index in [0.717, 1.165) is 10.5 Å².